The van der Waals surface area contributed by atoms with E-state index in [0.717, 1.165) is 8.95 Å². The summed E-state index contributed by atoms with van der Waals surface area (Å²) in [5.41, 5.74) is 0. The Hall–Kier alpha value is -1.42. The van der Waals surface area contributed by atoms with Crippen molar-refractivity contribution in [3.63, 3.8) is 0 Å². The maximum Gasteiger partial charge on any atom is 2.00 e. The number of aromatic hydroxyl groups is 2. The topological polar surface area (TPSA) is 40.5 Å². The van der Waals surface area contributed by atoms with Crippen molar-refractivity contribution in [1.29, 1.82) is 0 Å². The molecule has 0 radical (unpaired) electrons. The zero-order valence-electron chi connectivity index (χ0n) is 14.5. The second kappa shape index (κ2) is 16.7. The summed E-state index contributed by atoms with van der Waals surface area (Å²) in [6, 6.07) is 33.7. The number of benzene rings is 2. The first-order chi connectivity index (χ1) is 12.6. The van der Waals surface area contributed by atoms with Gasteiger partial charge in [-0.05, 0) is 48.5 Å². The summed E-state index contributed by atoms with van der Waals surface area (Å²) < 4.78 is 1.96. The van der Waals surface area contributed by atoms with E-state index in [1.807, 2.05) is 60.7 Å². The molecule has 0 aliphatic heterocycles. The number of rotatable bonds is 0. The average molecular weight is 567 g/mol. The first-order valence-electron chi connectivity index (χ1n) is 7.80. The molecule has 0 amide bonds. The van der Waals surface area contributed by atoms with Gasteiger partial charge in [-0.15, -0.1) is 0 Å². The SMILES string of the molecule is Oc1ccc(Br)cc1.Oc1ccc(Br)cc1.[Zr+2].c1cc[cH-]c1.c1cc[cH-]c1. The van der Waals surface area contributed by atoms with Crippen molar-refractivity contribution in [2.45, 2.75) is 0 Å². The molecule has 2 N–H and O–H groups in total. The summed E-state index contributed by atoms with van der Waals surface area (Å²) in [6.07, 6.45) is 0. The Morgan fingerprint density at radius 3 is 0.926 bits per heavy atom. The molecular formula is C22H20Br2O2Zr. The van der Waals surface area contributed by atoms with Gasteiger partial charge in [-0.1, -0.05) is 31.9 Å². The predicted molar refractivity (Wildman–Crippen MR) is 116 cm³/mol. The van der Waals surface area contributed by atoms with Gasteiger partial charge < -0.3 is 10.2 Å². The third-order valence-electron chi connectivity index (χ3n) is 2.76. The third-order valence-corrected chi connectivity index (χ3v) is 3.82. The zero-order valence-corrected chi connectivity index (χ0v) is 20.2. The van der Waals surface area contributed by atoms with Crippen molar-refractivity contribution in [2.75, 3.05) is 0 Å². The smallest absolute Gasteiger partial charge is 0.508 e. The van der Waals surface area contributed by atoms with Crippen molar-refractivity contribution < 1.29 is 36.4 Å². The van der Waals surface area contributed by atoms with Crippen LogP contribution in [0, 0.1) is 0 Å². The Morgan fingerprint density at radius 1 is 0.519 bits per heavy atom. The van der Waals surface area contributed by atoms with Crippen LogP contribution in [0.4, 0.5) is 0 Å². The van der Waals surface area contributed by atoms with Gasteiger partial charge in [0, 0.05) is 8.95 Å². The molecule has 0 heterocycles. The van der Waals surface area contributed by atoms with Gasteiger partial charge in [0.25, 0.3) is 0 Å². The molecule has 4 rings (SSSR count). The molecule has 0 bridgehead atoms. The molecule has 4 aromatic carbocycles. The standard InChI is InChI=1S/2C6H5BrO.2C5H5.Zr/c2*7-5-1-3-6(8)4-2-5;2*1-2-4-5-3-1;/h2*1-4,8H;2*1-5H;/q;;2*-1;+2. The van der Waals surface area contributed by atoms with E-state index in [2.05, 4.69) is 31.9 Å². The molecule has 0 fully saturated rings. The largest absolute Gasteiger partial charge is 2.00 e. The Bertz CT molecular complexity index is 620. The van der Waals surface area contributed by atoms with Crippen LogP contribution in [0.2, 0.25) is 0 Å². The van der Waals surface area contributed by atoms with E-state index in [9.17, 15) is 0 Å². The molecule has 27 heavy (non-hydrogen) atoms. The van der Waals surface area contributed by atoms with Crippen molar-refractivity contribution in [1.82, 2.24) is 0 Å². The fourth-order valence-electron chi connectivity index (χ4n) is 1.52. The summed E-state index contributed by atoms with van der Waals surface area (Å²) >= 11 is 6.47. The second-order valence-electron chi connectivity index (χ2n) is 4.88. The Kier molecular flexibility index (Phi) is 15.9. The second-order valence-corrected chi connectivity index (χ2v) is 6.71. The Balaban J connectivity index is 0.000000337. The quantitative estimate of drug-likeness (QED) is 0.222. The zero-order chi connectivity index (χ0) is 19.0. The van der Waals surface area contributed by atoms with E-state index in [4.69, 9.17) is 10.2 Å². The van der Waals surface area contributed by atoms with Crippen LogP contribution in [-0.2, 0) is 26.2 Å². The van der Waals surface area contributed by atoms with Gasteiger partial charge in [0.15, 0.2) is 0 Å². The number of hydrogen-bond acceptors (Lipinski definition) is 2. The molecule has 138 valence electrons. The number of hydrogen-bond donors (Lipinski definition) is 2. The normalized spacial score (nSPS) is 8.37. The average Bonchev–Trinajstić information content (AvgIpc) is 3.39. The molecule has 0 spiro atoms. The maximum absolute atomic E-state index is 8.74. The van der Waals surface area contributed by atoms with E-state index in [1.54, 1.807) is 48.5 Å². The molecule has 0 saturated carbocycles. The van der Waals surface area contributed by atoms with Crippen LogP contribution in [0.3, 0.4) is 0 Å². The number of halogens is 2. The van der Waals surface area contributed by atoms with Crippen LogP contribution >= 0.6 is 31.9 Å². The maximum atomic E-state index is 8.74. The van der Waals surface area contributed by atoms with E-state index in [0.29, 0.717) is 11.5 Å². The van der Waals surface area contributed by atoms with E-state index in [1.165, 1.54) is 0 Å². The molecule has 0 unspecified atom stereocenters. The molecule has 4 aromatic rings. The Morgan fingerprint density at radius 2 is 0.778 bits per heavy atom. The van der Waals surface area contributed by atoms with Gasteiger partial charge in [0.05, 0.1) is 0 Å². The molecule has 5 heteroatoms. The Labute approximate surface area is 196 Å². The van der Waals surface area contributed by atoms with Gasteiger partial charge >= 0.3 is 26.2 Å². The molecule has 0 aliphatic carbocycles. The molecule has 2 nitrogen and oxygen atoms in total. The van der Waals surface area contributed by atoms with Crippen molar-refractivity contribution in [2.24, 2.45) is 0 Å². The van der Waals surface area contributed by atoms with Gasteiger partial charge in [-0.25, -0.2) is 24.3 Å². The van der Waals surface area contributed by atoms with Crippen LogP contribution in [0.15, 0.2) is 118 Å². The summed E-state index contributed by atoms with van der Waals surface area (Å²) in [7, 11) is 0. The minimum atomic E-state index is 0. The summed E-state index contributed by atoms with van der Waals surface area (Å²) in [4.78, 5) is 0. The predicted octanol–water partition coefficient (Wildman–Crippen LogP) is 7.12. The summed E-state index contributed by atoms with van der Waals surface area (Å²) in [5, 5.41) is 17.5. The van der Waals surface area contributed by atoms with Crippen LogP contribution < -0.4 is 0 Å². The van der Waals surface area contributed by atoms with E-state index < -0.39 is 0 Å². The molecule has 0 atom stereocenters. The van der Waals surface area contributed by atoms with Gasteiger partial charge in [-0.3, -0.25) is 0 Å². The van der Waals surface area contributed by atoms with E-state index >= 15 is 0 Å². The fourth-order valence-corrected chi connectivity index (χ4v) is 2.05. The first-order valence-corrected chi connectivity index (χ1v) is 9.39. The monoisotopic (exact) mass is 564 g/mol. The van der Waals surface area contributed by atoms with Gasteiger partial charge in [0.1, 0.15) is 11.5 Å². The van der Waals surface area contributed by atoms with Gasteiger partial charge in [0.2, 0.25) is 0 Å². The molecule has 0 aromatic heterocycles. The third kappa shape index (κ3) is 15.3. The van der Waals surface area contributed by atoms with Crippen molar-refractivity contribution in [3.8, 4) is 11.5 Å². The van der Waals surface area contributed by atoms with Crippen LogP contribution in [0.5, 0.6) is 11.5 Å². The minimum Gasteiger partial charge on any atom is -0.508 e. The van der Waals surface area contributed by atoms with Gasteiger partial charge in [-0.2, -0.15) is 36.4 Å². The fraction of sp³-hybridized carbons (Fsp3) is 0. The van der Waals surface area contributed by atoms with Crippen molar-refractivity contribution in [3.05, 3.63) is 118 Å². The van der Waals surface area contributed by atoms with Crippen molar-refractivity contribution >= 4 is 31.9 Å². The summed E-state index contributed by atoms with van der Waals surface area (Å²) in [5.74, 6) is 0.599. The summed E-state index contributed by atoms with van der Waals surface area (Å²) in [6.45, 7) is 0. The molecule has 0 saturated heterocycles. The van der Waals surface area contributed by atoms with E-state index in [-0.39, 0.29) is 26.2 Å². The number of phenolic OH excluding ortho intramolecular Hbond substituents is 2. The number of phenols is 2. The van der Waals surface area contributed by atoms with Crippen LogP contribution in [0.25, 0.3) is 0 Å². The molecular weight excluding hydrogens is 547 g/mol. The minimum absolute atomic E-state index is 0. The first kappa shape index (κ1) is 25.6. The molecule has 0 aliphatic rings. The van der Waals surface area contributed by atoms with Crippen LogP contribution in [0.1, 0.15) is 0 Å². The van der Waals surface area contributed by atoms with Crippen LogP contribution in [-0.4, -0.2) is 10.2 Å².